The van der Waals surface area contributed by atoms with E-state index < -0.39 is 0 Å². The fourth-order valence-corrected chi connectivity index (χ4v) is 3.11. The minimum absolute atomic E-state index is 0.188. The van der Waals surface area contributed by atoms with Gasteiger partial charge in [0.1, 0.15) is 11.5 Å². The lowest BCUT2D eigenvalue weighted by Gasteiger charge is -2.04. The number of fused-ring (bicyclic) bond motifs is 1. The summed E-state index contributed by atoms with van der Waals surface area (Å²) in [6.45, 7) is 3.88. The van der Waals surface area contributed by atoms with E-state index in [0.29, 0.717) is 39.8 Å². The van der Waals surface area contributed by atoms with Crippen LogP contribution in [-0.2, 0) is 13.0 Å². The van der Waals surface area contributed by atoms with Crippen molar-refractivity contribution in [3.05, 3.63) is 58.1 Å². The number of nitrogens with zero attached hydrogens (tertiary/aromatic N) is 5. The highest BCUT2D eigenvalue weighted by atomic mass is 32.1. The SMILES string of the molecule is CCc1cc(=O)n2nc(Oc3ccc(OCc4nc(C)no4)cc3)sc2n1. The summed E-state index contributed by atoms with van der Waals surface area (Å²) >= 11 is 1.21. The smallest absolute Gasteiger partial charge is 0.299 e. The van der Waals surface area contributed by atoms with Gasteiger partial charge in [-0.05, 0) is 48.9 Å². The molecule has 9 nitrogen and oxygen atoms in total. The number of hydrogen-bond acceptors (Lipinski definition) is 9. The second kappa shape index (κ2) is 7.16. The lowest BCUT2D eigenvalue weighted by Crippen LogP contribution is -2.14. The van der Waals surface area contributed by atoms with Crippen molar-refractivity contribution in [3.63, 3.8) is 0 Å². The van der Waals surface area contributed by atoms with E-state index in [9.17, 15) is 4.79 Å². The van der Waals surface area contributed by atoms with Gasteiger partial charge in [0.2, 0.25) is 4.96 Å². The van der Waals surface area contributed by atoms with Crippen molar-refractivity contribution in [3.8, 4) is 16.7 Å². The normalized spacial score (nSPS) is 11.0. The second-order valence-electron chi connectivity index (χ2n) is 5.60. The zero-order valence-corrected chi connectivity index (χ0v) is 15.4. The Balaban J connectivity index is 1.45. The van der Waals surface area contributed by atoms with Crippen LogP contribution in [0.25, 0.3) is 4.96 Å². The Kier molecular flexibility index (Phi) is 4.55. The third kappa shape index (κ3) is 3.80. The average Bonchev–Trinajstić information content (AvgIpc) is 3.27. The fourth-order valence-electron chi connectivity index (χ4n) is 2.31. The number of rotatable bonds is 6. The van der Waals surface area contributed by atoms with Gasteiger partial charge in [0.05, 0.1) is 0 Å². The van der Waals surface area contributed by atoms with E-state index >= 15 is 0 Å². The first kappa shape index (κ1) is 17.2. The van der Waals surface area contributed by atoms with Crippen molar-refractivity contribution in [1.82, 2.24) is 24.7 Å². The molecule has 0 unspecified atom stereocenters. The molecule has 0 amide bonds. The van der Waals surface area contributed by atoms with Crippen molar-refractivity contribution in [2.45, 2.75) is 26.9 Å². The molecule has 3 aromatic heterocycles. The molecule has 10 heteroatoms. The minimum Gasteiger partial charge on any atom is -0.484 e. The van der Waals surface area contributed by atoms with Crippen LogP contribution in [-0.4, -0.2) is 24.7 Å². The third-order valence-electron chi connectivity index (χ3n) is 3.60. The highest BCUT2D eigenvalue weighted by Gasteiger charge is 2.10. The summed E-state index contributed by atoms with van der Waals surface area (Å²) in [6.07, 6.45) is 0.685. The van der Waals surface area contributed by atoms with Crippen LogP contribution in [0.4, 0.5) is 0 Å². The second-order valence-corrected chi connectivity index (χ2v) is 6.52. The summed E-state index contributed by atoms with van der Waals surface area (Å²) in [5, 5.41) is 8.20. The van der Waals surface area contributed by atoms with Crippen molar-refractivity contribution in [1.29, 1.82) is 0 Å². The molecular formula is C17H15N5O4S. The van der Waals surface area contributed by atoms with Gasteiger partial charge in [-0.2, -0.15) is 9.50 Å². The van der Waals surface area contributed by atoms with E-state index in [2.05, 4.69) is 20.2 Å². The summed E-state index contributed by atoms with van der Waals surface area (Å²) in [6, 6.07) is 8.48. The van der Waals surface area contributed by atoms with Gasteiger partial charge in [-0.25, -0.2) is 4.98 Å². The van der Waals surface area contributed by atoms with E-state index in [4.69, 9.17) is 14.0 Å². The standard InChI is InChI=1S/C17H15N5O4S/c1-3-11-8-15(23)22-16(19-11)27-17(20-22)25-13-6-4-12(5-7-13)24-9-14-18-10(2)21-26-14/h4-8H,3,9H2,1-2H3. The van der Waals surface area contributed by atoms with E-state index in [-0.39, 0.29) is 12.2 Å². The molecule has 0 radical (unpaired) electrons. The van der Waals surface area contributed by atoms with Crippen molar-refractivity contribution in [2.75, 3.05) is 0 Å². The number of hydrogen-bond donors (Lipinski definition) is 0. The molecule has 0 N–H and O–H groups in total. The van der Waals surface area contributed by atoms with Gasteiger partial charge in [-0.15, -0.1) is 5.10 Å². The maximum Gasteiger partial charge on any atom is 0.299 e. The van der Waals surface area contributed by atoms with Gasteiger partial charge in [-0.1, -0.05) is 12.1 Å². The maximum absolute atomic E-state index is 12.0. The number of aryl methyl sites for hydroxylation is 2. The zero-order valence-electron chi connectivity index (χ0n) is 14.6. The van der Waals surface area contributed by atoms with Crippen LogP contribution in [0.3, 0.4) is 0 Å². The monoisotopic (exact) mass is 385 g/mol. The molecule has 1 aromatic carbocycles. The van der Waals surface area contributed by atoms with E-state index in [1.54, 1.807) is 31.2 Å². The lowest BCUT2D eigenvalue weighted by atomic mass is 10.3. The van der Waals surface area contributed by atoms with E-state index in [0.717, 1.165) is 5.69 Å². The number of benzene rings is 1. The molecule has 0 spiro atoms. The topological polar surface area (TPSA) is 105 Å². The fraction of sp³-hybridized carbons (Fsp3) is 0.235. The highest BCUT2D eigenvalue weighted by Crippen LogP contribution is 2.27. The number of aromatic nitrogens is 5. The van der Waals surface area contributed by atoms with E-state index in [1.807, 2.05) is 6.92 Å². The Morgan fingerprint density at radius 2 is 1.96 bits per heavy atom. The maximum atomic E-state index is 12.0. The van der Waals surface area contributed by atoms with Crippen LogP contribution in [0.2, 0.25) is 0 Å². The van der Waals surface area contributed by atoms with Crippen LogP contribution in [0.15, 0.2) is 39.6 Å². The summed E-state index contributed by atoms with van der Waals surface area (Å²) in [5.74, 6) is 2.17. The molecule has 27 heavy (non-hydrogen) atoms. The van der Waals surface area contributed by atoms with E-state index in [1.165, 1.54) is 21.9 Å². The Morgan fingerprint density at radius 1 is 1.19 bits per heavy atom. The van der Waals surface area contributed by atoms with Crippen LogP contribution < -0.4 is 15.0 Å². The van der Waals surface area contributed by atoms with Gasteiger partial charge in [0.15, 0.2) is 12.4 Å². The molecule has 0 atom stereocenters. The first-order valence-corrected chi connectivity index (χ1v) is 9.02. The van der Waals surface area contributed by atoms with Crippen molar-refractivity contribution in [2.24, 2.45) is 0 Å². The summed E-state index contributed by atoms with van der Waals surface area (Å²) in [4.78, 5) is 21.0. The Bertz CT molecular complexity index is 1130. The number of ether oxygens (including phenoxy) is 2. The lowest BCUT2D eigenvalue weighted by molar-refractivity contribution is 0.242. The first-order valence-electron chi connectivity index (χ1n) is 8.20. The predicted molar refractivity (Wildman–Crippen MR) is 96.4 cm³/mol. The van der Waals surface area contributed by atoms with Gasteiger partial charge in [0, 0.05) is 11.8 Å². The highest BCUT2D eigenvalue weighted by molar-refractivity contribution is 7.18. The Labute approximate surface area is 157 Å². The van der Waals surface area contributed by atoms with Gasteiger partial charge in [0.25, 0.3) is 16.6 Å². The summed E-state index contributed by atoms with van der Waals surface area (Å²) in [7, 11) is 0. The summed E-state index contributed by atoms with van der Waals surface area (Å²) in [5.41, 5.74) is 0.510. The van der Waals surface area contributed by atoms with Crippen LogP contribution in [0.5, 0.6) is 16.7 Å². The molecule has 0 saturated carbocycles. The molecular weight excluding hydrogens is 370 g/mol. The molecule has 0 aliphatic rings. The van der Waals surface area contributed by atoms with Crippen molar-refractivity contribution < 1.29 is 14.0 Å². The Hall–Kier alpha value is -3.27. The molecule has 0 bridgehead atoms. The third-order valence-corrected chi connectivity index (χ3v) is 4.39. The predicted octanol–water partition coefficient (Wildman–Crippen LogP) is 2.78. The molecule has 3 heterocycles. The molecule has 0 fully saturated rings. The quantitative estimate of drug-likeness (QED) is 0.499. The molecule has 4 aromatic rings. The first-order chi connectivity index (χ1) is 13.1. The Morgan fingerprint density at radius 3 is 2.67 bits per heavy atom. The van der Waals surface area contributed by atoms with Crippen molar-refractivity contribution >= 4 is 16.3 Å². The zero-order chi connectivity index (χ0) is 18.8. The largest absolute Gasteiger partial charge is 0.484 e. The molecule has 0 saturated heterocycles. The van der Waals surface area contributed by atoms with Crippen LogP contribution >= 0.6 is 11.3 Å². The van der Waals surface area contributed by atoms with Crippen LogP contribution in [0, 0.1) is 6.92 Å². The van der Waals surface area contributed by atoms with Crippen LogP contribution in [0.1, 0.15) is 24.3 Å². The van der Waals surface area contributed by atoms with Gasteiger partial charge in [-0.3, -0.25) is 4.79 Å². The average molecular weight is 385 g/mol. The molecule has 0 aliphatic heterocycles. The molecule has 4 rings (SSSR count). The molecule has 138 valence electrons. The minimum atomic E-state index is -0.219. The molecule has 0 aliphatic carbocycles. The summed E-state index contributed by atoms with van der Waals surface area (Å²) < 4.78 is 17.5. The van der Waals surface area contributed by atoms with Gasteiger partial charge < -0.3 is 14.0 Å². The van der Waals surface area contributed by atoms with Gasteiger partial charge >= 0.3 is 0 Å².